The SMILES string of the molecule is CS(=O)(=O)O.OCCCCCCc1ccccc1. The van der Waals surface area contributed by atoms with Crippen LogP contribution in [0.5, 0.6) is 0 Å². The summed E-state index contributed by atoms with van der Waals surface area (Å²) in [5, 5.41) is 8.58. The van der Waals surface area contributed by atoms with Crippen LogP contribution in [0.2, 0.25) is 0 Å². The molecule has 0 aliphatic carbocycles. The molecule has 1 rings (SSSR count). The van der Waals surface area contributed by atoms with Gasteiger partial charge in [-0.05, 0) is 24.8 Å². The van der Waals surface area contributed by atoms with Gasteiger partial charge in [-0.25, -0.2) is 0 Å². The van der Waals surface area contributed by atoms with E-state index in [4.69, 9.17) is 9.66 Å². The van der Waals surface area contributed by atoms with E-state index < -0.39 is 10.1 Å². The van der Waals surface area contributed by atoms with E-state index in [-0.39, 0.29) is 0 Å². The first-order valence-electron chi connectivity index (χ1n) is 6.00. The van der Waals surface area contributed by atoms with Crippen molar-refractivity contribution in [3.8, 4) is 0 Å². The summed E-state index contributed by atoms with van der Waals surface area (Å²) in [6.07, 6.45) is 6.47. The zero-order chi connectivity index (χ0) is 13.9. The molecular formula is C13H22O4S. The second-order valence-corrected chi connectivity index (χ2v) is 5.57. The van der Waals surface area contributed by atoms with Crippen LogP contribution in [0.15, 0.2) is 30.3 Å². The third-order valence-corrected chi connectivity index (χ3v) is 2.22. The minimum absolute atomic E-state index is 0.339. The molecule has 0 unspecified atom stereocenters. The molecule has 0 atom stereocenters. The van der Waals surface area contributed by atoms with E-state index in [1.54, 1.807) is 0 Å². The molecule has 0 bridgehead atoms. The first-order valence-corrected chi connectivity index (χ1v) is 7.85. The molecule has 0 spiro atoms. The van der Waals surface area contributed by atoms with Crippen LogP contribution in [0.4, 0.5) is 0 Å². The van der Waals surface area contributed by atoms with E-state index in [1.165, 1.54) is 24.8 Å². The van der Waals surface area contributed by atoms with Crippen LogP contribution in [-0.2, 0) is 16.5 Å². The number of hydrogen-bond acceptors (Lipinski definition) is 3. The molecule has 4 nitrogen and oxygen atoms in total. The van der Waals surface area contributed by atoms with Crippen molar-refractivity contribution in [1.29, 1.82) is 0 Å². The lowest BCUT2D eigenvalue weighted by Gasteiger charge is -2.00. The average molecular weight is 274 g/mol. The fourth-order valence-electron chi connectivity index (χ4n) is 1.44. The topological polar surface area (TPSA) is 74.6 Å². The van der Waals surface area contributed by atoms with Crippen molar-refractivity contribution < 1.29 is 18.1 Å². The normalized spacial score (nSPS) is 10.6. The molecule has 5 heteroatoms. The molecule has 0 radical (unpaired) electrons. The lowest BCUT2D eigenvalue weighted by molar-refractivity contribution is 0.282. The van der Waals surface area contributed by atoms with Gasteiger partial charge in [-0.2, -0.15) is 8.42 Å². The van der Waals surface area contributed by atoms with Gasteiger partial charge in [-0.3, -0.25) is 4.55 Å². The predicted molar refractivity (Wildman–Crippen MR) is 73.2 cm³/mol. The van der Waals surface area contributed by atoms with Gasteiger partial charge >= 0.3 is 0 Å². The molecule has 0 saturated carbocycles. The number of rotatable bonds is 6. The zero-order valence-electron chi connectivity index (χ0n) is 10.7. The highest BCUT2D eigenvalue weighted by Crippen LogP contribution is 2.06. The maximum absolute atomic E-state index is 9.19. The lowest BCUT2D eigenvalue weighted by atomic mass is 10.1. The van der Waals surface area contributed by atoms with Crippen molar-refractivity contribution in [3.05, 3.63) is 35.9 Å². The summed E-state index contributed by atoms with van der Waals surface area (Å²) >= 11 is 0. The molecule has 0 fully saturated rings. The Hall–Kier alpha value is -0.910. The minimum Gasteiger partial charge on any atom is -0.396 e. The third-order valence-electron chi connectivity index (χ3n) is 2.22. The largest absolute Gasteiger partial charge is 0.396 e. The second-order valence-electron chi connectivity index (χ2n) is 4.11. The van der Waals surface area contributed by atoms with E-state index in [1.807, 2.05) is 0 Å². The van der Waals surface area contributed by atoms with Gasteiger partial charge in [0.05, 0.1) is 6.26 Å². The highest BCUT2D eigenvalue weighted by Gasteiger charge is 1.91. The number of aliphatic hydroxyl groups excluding tert-OH is 1. The average Bonchev–Trinajstić information content (AvgIpc) is 2.28. The van der Waals surface area contributed by atoms with Gasteiger partial charge in [0.1, 0.15) is 0 Å². The molecule has 2 N–H and O–H groups in total. The van der Waals surface area contributed by atoms with Crippen LogP contribution in [0.25, 0.3) is 0 Å². The molecule has 1 aromatic carbocycles. The van der Waals surface area contributed by atoms with Crippen LogP contribution >= 0.6 is 0 Å². The number of hydrogen-bond donors (Lipinski definition) is 2. The second kappa shape index (κ2) is 10.1. The zero-order valence-corrected chi connectivity index (χ0v) is 11.6. The monoisotopic (exact) mass is 274 g/mol. The van der Waals surface area contributed by atoms with E-state index in [0.29, 0.717) is 12.9 Å². The Kier molecular flexibility index (Phi) is 9.55. The number of unbranched alkanes of at least 4 members (excludes halogenated alkanes) is 3. The fraction of sp³-hybridized carbons (Fsp3) is 0.538. The molecule has 0 amide bonds. The maximum Gasteiger partial charge on any atom is 0.261 e. The molecule has 104 valence electrons. The molecule has 0 aliphatic heterocycles. The van der Waals surface area contributed by atoms with Crippen molar-refractivity contribution >= 4 is 10.1 Å². The molecule has 18 heavy (non-hydrogen) atoms. The Bertz CT molecular complexity index is 379. The highest BCUT2D eigenvalue weighted by molar-refractivity contribution is 7.85. The Morgan fingerprint density at radius 1 is 1.00 bits per heavy atom. The molecule has 0 aromatic heterocycles. The van der Waals surface area contributed by atoms with Gasteiger partial charge in [0.2, 0.25) is 0 Å². The highest BCUT2D eigenvalue weighted by atomic mass is 32.2. The fourth-order valence-corrected chi connectivity index (χ4v) is 1.44. The van der Waals surface area contributed by atoms with Crippen LogP contribution in [0.1, 0.15) is 31.2 Å². The first kappa shape index (κ1) is 17.1. The summed E-state index contributed by atoms with van der Waals surface area (Å²) in [6.45, 7) is 0.339. The number of aliphatic hydroxyl groups is 1. The van der Waals surface area contributed by atoms with E-state index in [2.05, 4.69) is 30.3 Å². The van der Waals surface area contributed by atoms with Crippen LogP contribution in [0.3, 0.4) is 0 Å². The number of benzene rings is 1. The molecule has 0 heterocycles. The van der Waals surface area contributed by atoms with Crippen molar-refractivity contribution in [2.75, 3.05) is 12.9 Å². The molecule has 1 aromatic rings. The molecule has 0 saturated heterocycles. The van der Waals surface area contributed by atoms with Gasteiger partial charge in [0.25, 0.3) is 10.1 Å². The quantitative estimate of drug-likeness (QED) is 0.616. The van der Waals surface area contributed by atoms with Crippen molar-refractivity contribution in [2.45, 2.75) is 32.1 Å². The number of aryl methyl sites for hydroxylation is 1. The summed E-state index contributed by atoms with van der Waals surface area (Å²) in [4.78, 5) is 0. The Balaban J connectivity index is 0.000000494. The van der Waals surface area contributed by atoms with E-state index in [9.17, 15) is 8.42 Å². The van der Waals surface area contributed by atoms with Crippen molar-refractivity contribution in [3.63, 3.8) is 0 Å². The van der Waals surface area contributed by atoms with E-state index >= 15 is 0 Å². The summed E-state index contributed by atoms with van der Waals surface area (Å²) in [7, 11) is -3.67. The summed E-state index contributed by atoms with van der Waals surface area (Å²) in [6, 6.07) is 10.6. The Labute approximate surface area is 109 Å². The summed E-state index contributed by atoms with van der Waals surface area (Å²) < 4.78 is 25.9. The van der Waals surface area contributed by atoms with Gasteiger partial charge in [0, 0.05) is 6.61 Å². The molecule has 0 aliphatic rings. The lowest BCUT2D eigenvalue weighted by Crippen LogP contribution is -1.88. The Morgan fingerprint density at radius 2 is 1.50 bits per heavy atom. The van der Waals surface area contributed by atoms with Crippen molar-refractivity contribution in [2.24, 2.45) is 0 Å². The summed E-state index contributed by atoms with van der Waals surface area (Å²) in [5.41, 5.74) is 1.42. The van der Waals surface area contributed by atoms with Gasteiger partial charge in [-0.1, -0.05) is 43.2 Å². The summed E-state index contributed by atoms with van der Waals surface area (Å²) in [5.74, 6) is 0. The third kappa shape index (κ3) is 15.1. The minimum atomic E-state index is -3.67. The van der Waals surface area contributed by atoms with Gasteiger partial charge in [-0.15, -0.1) is 0 Å². The van der Waals surface area contributed by atoms with Gasteiger partial charge < -0.3 is 5.11 Å². The van der Waals surface area contributed by atoms with Crippen molar-refractivity contribution in [1.82, 2.24) is 0 Å². The predicted octanol–water partition coefficient (Wildman–Crippen LogP) is 2.29. The van der Waals surface area contributed by atoms with Crippen LogP contribution in [-0.4, -0.2) is 30.9 Å². The van der Waals surface area contributed by atoms with E-state index in [0.717, 1.165) is 12.8 Å². The standard InChI is InChI=1S/C12H18O.CH4O3S/c13-11-7-2-1-4-8-12-9-5-3-6-10-12;1-5(2,3)4/h3,5-6,9-10,13H,1-2,4,7-8,11H2;1H3,(H,2,3,4). The molecular weight excluding hydrogens is 252 g/mol. The smallest absolute Gasteiger partial charge is 0.261 e. The van der Waals surface area contributed by atoms with Gasteiger partial charge in [0.15, 0.2) is 0 Å². The van der Waals surface area contributed by atoms with Crippen LogP contribution < -0.4 is 0 Å². The first-order chi connectivity index (χ1) is 8.43. The Morgan fingerprint density at radius 3 is 2.00 bits per heavy atom. The van der Waals surface area contributed by atoms with Crippen LogP contribution in [0, 0.1) is 0 Å². The maximum atomic E-state index is 9.19.